The Kier molecular flexibility index (Phi) is 11.4. The van der Waals surface area contributed by atoms with Crippen LogP contribution in [0.5, 0.6) is 0 Å². The van der Waals surface area contributed by atoms with Gasteiger partial charge >= 0.3 is 7.60 Å². The van der Waals surface area contributed by atoms with Crippen LogP contribution < -0.4 is 0 Å². The molecule has 0 rings (SSSR count). The van der Waals surface area contributed by atoms with Crippen molar-refractivity contribution in [2.45, 2.75) is 39.5 Å². The number of rotatable bonds is 7. The molecule has 0 aromatic carbocycles. The van der Waals surface area contributed by atoms with Crippen molar-refractivity contribution in [3.05, 3.63) is 0 Å². The summed E-state index contributed by atoms with van der Waals surface area (Å²) in [5.74, 6) is 0. The average Bonchev–Trinajstić information content (AvgIpc) is 1.98. The van der Waals surface area contributed by atoms with Gasteiger partial charge in [0, 0.05) is 22.9 Å². The maximum Gasteiger partial charge on any atom is 0.328 e. The Bertz CT molecular complexity index is 152. The first-order valence-electron chi connectivity index (χ1n) is 4.58. The second-order valence-electron chi connectivity index (χ2n) is 2.90. The molecule has 1 N–H and O–H groups in total. The van der Waals surface area contributed by atoms with Crippen LogP contribution in [0, 0.1) is 0 Å². The number of hydrogen-bond donors (Lipinski definition) is 1. The minimum Gasteiger partial charge on any atom is -0.324 e. The van der Waals surface area contributed by atoms with Gasteiger partial charge in [0.1, 0.15) is 0 Å². The Hall–Kier alpha value is 0.656. The van der Waals surface area contributed by atoms with Gasteiger partial charge in [-0.1, -0.05) is 26.7 Å². The summed E-state index contributed by atoms with van der Waals surface area (Å²) in [7, 11) is -3.23. The average molecular weight is 253 g/mol. The maximum absolute atomic E-state index is 11.1. The Morgan fingerprint density at radius 1 is 1.23 bits per heavy atom. The summed E-state index contributed by atoms with van der Waals surface area (Å²) in [4.78, 5) is 9.15. The van der Waals surface area contributed by atoms with Crippen LogP contribution in [0.4, 0.5) is 0 Å². The van der Waals surface area contributed by atoms with Gasteiger partial charge in [-0.15, -0.1) is 0 Å². The van der Waals surface area contributed by atoms with E-state index in [4.69, 9.17) is 9.42 Å². The van der Waals surface area contributed by atoms with Crippen LogP contribution in [0.15, 0.2) is 0 Å². The van der Waals surface area contributed by atoms with Crippen LogP contribution in [-0.4, -0.2) is 17.7 Å². The SMILES string of the molecule is CCCCCOP(=O)(O)CCC.[Co]. The Morgan fingerprint density at radius 3 is 2.31 bits per heavy atom. The van der Waals surface area contributed by atoms with E-state index < -0.39 is 7.60 Å². The molecule has 0 aromatic rings. The molecule has 1 radical (unpaired) electrons. The van der Waals surface area contributed by atoms with Crippen molar-refractivity contribution in [1.29, 1.82) is 0 Å². The molecule has 1 atom stereocenters. The third-order valence-corrected chi connectivity index (χ3v) is 3.15. The van der Waals surface area contributed by atoms with Gasteiger partial charge in [0.2, 0.25) is 0 Å². The second kappa shape index (κ2) is 9.22. The summed E-state index contributed by atoms with van der Waals surface area (Å²) < 4.78 is 16.0. The molecule has 0 aliphatic heterocycles. The molecule has 3 nitrogen and oxygen atoms in total. The second-order valence-corrected chi connectivity index (χ2v) is 4.88. The Morgan fingerprint density at radius 2 is 1.85 bits per heavy atom. The van der Waals surface area contributed by atoms with Gasteiger partial charge in [-0.3, -0.25) is 4.57 Å². The molecule has 0 bridgehead atoms. The van der Waals surface area contributed by atoms with Crippen molar-refractivity contribution in [1.82, 2.24) is 0 Å². The first-order valence-corrected chi connectivity index (χ1v) is 6.35. The normalized spacial score (nSPS) is 14.7. The predicted molar refractivity (Wildman–Crippen MR) is 50.5 cm³/mol. The van der Waals surface area contributed by atoms with Crippen LogP contribution in [0.3, 0.4) is 0 Å². The van der Waals surface area contributed by atoms with E-state index in [0.717, 1.165) is 19.3 Å². The fraction of sp³-hybridized carbons (Fsp3) is 1.00. The fourth-order valence-electron chi connectivity index (χ4n) is 0.906. The van der Waals surface area contributed by atoms with E-state index in [1.807, 2.05) is 6.92 Å². The van der Waals surface area contributed by atoms with Crippen LogP contribution in [0.1, 0.15) is 39.5 Å². The van der Waals surface area contributed by atoms with Crippen molar-refractivity contribution in [3.8, 4) is 0 Å². The van der Waals surface area contributed by atoms with Crippen molar-refractivity contribution in [2.75, 3.05) is 12.8 Å². The van der Waals surface area contributed by atoms with E-state index in [0.29, 0.717) is 13.0 Å². The van der Waals surface area contributed by atoms with E-state index in [1.165, 1.54) is 0 Å². The summed E-state index contributed by atoms with van der Waals surface area (Å²) >= 11 is 0. The van der Waals surface area contributed by atoms with E-state index in [2.05, 4.69) is 6.92 Å². The van der Waals surface area contributed by atoms with Crippen molar-refractivity contribution in [3.63, 3.8) is 0 Å². The van der Waals surface area contributed by atoms with Crippen LogP contribution in [0.2, 0.25) is 0 Å². The smallest absolute Gasteiger partial charge is 0.324 e. The minimum atomic E-state index is -3.23. The van der Waals surface area contributed by atoms with Gasteiger partial charge in [0.15, 0.2) is 0 Å². The fourth-order valence-corrected chi connectivity index (χ4v) is 2.02. The Labute approximate surface area is 91.0 Å². The molecular weight excluding hydrogens is 234 g/mol. The van der Waals surface area contributed by atoms with E-state index in [-0.39, 0.29) is 22.9 Å². The molecule has 0 aromatic heterocycles. The summed E-state index contributed by atoms with van der Waals surface area (Å²) in [6.07, 6.45) is 4.02. The first kappa shape index (κ1) is 16.1. The molecular formula is C8H19CoO3P. The third kappa shape index (κ3) is 10.6. The van der Waals surface area contributed by atoms with Crippen molar-refractivity contribution < 1.29 is 30.8 Å². The van der Waals surface area contributed by atoms with E-state index in [1.54, 1.807) is 0 Å². The maximum atomic E-state index is 11.1. The van der Waals surface area contributed by atoms with Gasteiger partial charge in [0.25, 0.3) is 0 Å². The van der Waals surface area contributed by atoms with Gasteiger partial charge in [-0.25, -0.2) is 0 Å². The molecule has 5 heteroatoms. The van der Waals surface area contributed by atoms with Crippen molar-refractivity contribution in [2.24, 2.45) is 0 Å². The van der Waals surface area contributed by atoms with E-state index >= 15 is 0 Å². The van der Waals surface area contributed by atoms with E-state index in [9.17, 15) is 4.57 Å². The zero-order valence-corrected chi connectivity index (χ0v) is 10.2. The molecule has 0 aliphatic carbocycles. The van der Waals surface area contributed by atoms with Crippen LogP contribution in [0.25, 0.3) is 0 Å². The monoisotopic (exact) mass is 253 g/mol. The topological polar surface area (TPSA) is 46.5 Å². The molecule has 0 saturated carbocycles. The van der Waals surface area contributed by atoms with Crippen molar-refractivity contribution >= 4 is 7.60 Å². The molecule has 0 aliphatic rings. The third-order valence-electron chi connectivity index (χ3n) is 1.55. The summed E-state index contributed by atoms with van der Waals surface area (Å²) in [5.41, 5.74) is 0. The van der Waals surface area contributed by atoms with Gasteiger partial charge < -0.3 is 9.42 Å². The zero-order valence-electron chi connectivity index (χ0n) is 8.29. The van der Waals surface area contributed by atoms with Gasteiger partial charge in [-0.2, -0.15) is 0 Å². The standard InChI is InChI=1S/C8H19O3P.Co/c1-3-5-6-7-11-12(9,10)8-4-2;/h3-8H2,1-2H3,(H,9,10);. The molecule has 1 unspecified atom stereocenters. The molecule has 83 valence electrons. The van der Waals surface area contributed by atoms with Crippen LogP contribution >= 0.6 is 7.60 Å². The molecule has 13 heavy (non-hydrogen) atoms. The van der Waals surface area contributed by atoms with Gasteiger partial charge in [-0.05, 0) is 12.8 Å². The predicted octanol–water partition coefficient (Wildman–Crippen LogP) is 2.79. The molecule has 0 saturated heterocycles. The zero-order chi connectivity index (χ0) is 9.45. The summed E-state index contributed by atoms with van der Waals surface area (Å²) in [6, 6.07) is 0. The molecule has 0 amide bonds. The Balaban J connectivity index is 0. The minimum absolute atomic E-state index is 0. The summed E-state index contributed by atoms with van der Waals surface area (Å²) in [6.45, 7) is 4.38. The van der Waals surface area contributed by atoms with Gasteiger partial charge in [0.05, 0.1) is 6.61 Å². The summed E-state index contributed by atoms with van der Waals surface area (Å²) in [5, 5.41) is 0. The largest absolute Gasteiger partial charge is 0.328 e. The molecule has 0 fully saturated rings. The van der Waals surface area contributed by atoms with Crippen LogP contribution in [-0.2, 0) is 25.9 Å². The number of hydrogen-bond acceptors (Lipinski definition) is 2. The quantitative estimate of drug-likeness (QED) is 0.560. The number of unbranched alkanes of at least 4 members (excludes halogenated alkanes) is 2. The molecule has 0 spiro atoms. The molecule has 0 heterocycles. The first-order chi connectivity index (χ1) is 5.62.